The lowest BCUT2D eigenvalue weighted by Gasteiger charge is -2.52. The lowest BCUT2D eigenvalue weighted by molar-refractivity contribution is 0.0180. The van der Waals surface area contributed by atoms with Crippen LogP contribution < -0.4 is 5.56 Å². The van der Waals surface area contributed by atoms with Crippen molar-refractivity contribution in [1.82, 2.24) is 9.47 Å². The molecule has 3 nitrogen and oxygen atoms in total. The maximum atomic E-state index is 12.0. The highest BCUT2D eigenvalue weighted by Gasteiger charge is 2.43. The molecule has 0 unspecified atom stereocenters. The van der Waals surface area contributed by atoms with Crippen molar-refractivity contribution in [1.29, 1.82) is 0 Å². The van der Waals surface area contributed by atoms with Gasteiger partial charge >= 0.3 is 0 Å². The van der Waals surface area contributed by atoms with Gasteiger partial charge < -0.3 is 4.57 Å². The predicted molar refractivity (Wildman–Crippen MR) is 70.8 cm³/mol. The van der Waals surface area contributed by atoms with Crippen molar-refractivity contribution >= 4 is 0 Å². The molecule has 0 aliphatic carbocycles. The zero-order valence-corrected chi connectivity index (χ0v) is 10.7. The number of fused-ring (bicyclic) bond motifs is 2. The van der Waals surface area contributed by atoms with Crippen LogP contribution in [-0.4, -0.2) is 28.6 Å². The van der Waals surface area contributed by atoms with Crippen LogP contribution in [0.1, 0.15) is 37.3 Å². The van der Waals surface area contributed by atoms with Crippen LogP contribution >= 0.6 is 0 Å². The van der Waals surface area contributed by atoms with E-state index in [0.717, 1.165) is 6.54 Å². The second-order valence-corrected chi connectivity index (χ2v) is 6.08. The van der Waals surface area contributed by atoms with E-state index in [-0.39, 0.29) is 5.56 Å². The van der Waals surface area contributed by atoms with E-state index in [1.807, 2.05) is 6.07 Å². The topological polar surface area (TPSA) is 25.2 Å². The van der Waals surface area contributed by atoms with Gasteiger partial charge in [-0.25, -0.2) is 0 Å². The van der Waals surface area contributed by atoms with Gasteiger partial charge in [-0.05, 0) is 50.8 Å². The molecule has 18 heavy (non-hydrogen) atoms. The summed E-state index contributed by atoms with van der Waals surface area (Å²) in [6.07, 6.45) is 5.17. The van der Waals surface area contributed by atoms with Gasteiger partial charge in [0, 0.05) is 30.3 Å². The molecule has 0 N–H and O–H groups in total. The molecule has 0 aromatic carbocycles. The van der Waals surface area contributed by atoms with Crippen molar-refractivity contribution in [2.45, 2.75) is 44.2 Å². The molecule has 0 amide bonds. The monoisotopic (exact) mass is 244 g/mol. The molecular weight excluding hydrogens is 224 g/mol. The van der Waals surface area contributed by atoms with Crippen molar-refractivity contribution in [3.63, 3.8) is 0 Å². The van der Waals surface area contributed by atoms with Crippen molar-refractivity contribution in [2.24, 2.45) is 5.92 Å². The molecule has 3 heteroatoms. The summed E-state index contributed by atoms with van der Waals surface area (Å²) < 4.78 is 2.06. The molecule has 3 aliphatic heterocycles. The molecule has 2 saturated heterocycles. The van der Waals surface area contributed by atoms with Crippen LogP contribution in [0, 0.1) is 5.92 Å². The summed E-state index contributed by atoms with van der Waals surface area (Å²) in [5.74, 6) is 1.31. The Morgan fingerprint density at radius 3 is 2.83 bits per heavy atom. The normalized spacial score (nSPS) is 34.8. The maximum absolute atomic E-state index is 12.0. The molecule has 3 aliphatic rings. The minimum absolute atomic E-state index is 0.202. The third kappa shape index (κ3) is 1.43. The second-order valence-electron chi connectivity index (χ2n) is 6.08. The number of nitrogens with zero attached hydrogens (tertiary/aromatic N) is 2. The van der Waals surface area contributed by atoms with Gasteiger partial charge in [0.2, 0.25) is 0 Å². The van der Waals surface area contributed by atoms with Crippen molar-refractivity contribution in [3.05, 3.63) is 34.2 Å². The van der Waals surface area contributed by atoms with Crippen LogP contribution in [0.5, 0.6) is 0 Å². The zero-order valence-electron chi connectivity index (χ0n) is 10.7. The van der Waals surface area contributed by atoms with Crippen LogP contribution in [-0.2, 0) is 6.54 Å². The Balaban J connectivity index is 1.84. The second kappa shape index (κ2) is 3.95. The van der Waals surface area contributed by atoms with Gasteiger partial charge in [0.25, 0.3) is 5.56 Å². The molecular formula is C15H20N2O. The summed E-state index contributed by atoms with van der Waals surface area (Å²) in [7, 11) is 0. The fraction of sp³-hybridized carbons (Fsp3) is 0.667. The largest absolute Gasteiger partial charge is 0.312 e. The van der Waals surface area contributed by atoms with Gasteiger partial charge in [0.1, 0.15) is 0 Å². The van der Waals surface area contributed by atoms with E-state index in [4.69, 9.17) is 0 Å². The molecule has 96 valence electrons. The standard InChI is InChI=1S/C15H20N2O/c18-14-7-1-6-13-12-5-3-9-16-8-2-4-11(15(12)16)10-17(13)14/h1,6-7,11-12,15H,2-5,8-10H2/t11-,12-,15-/m0/s1. The number of aromatic nitrogens is 1. The first-order valence-corrected chi connectivity index (χ1v) is 7.28. The van der Waals surface area contributed by atoms with Crippen molar-refractivity contribution in [3.8, 4) is 0 Å². The lowest BCUT2D eigenvalue weighted by Crippen LogP contribution is -2.56. The van der Waals surface area contributed by atoms with E-state index in [0.29, 0.717) is 17.9 Å². The Morgan fingerprint density at radius 1 is 1.11 bits per heavy atom. The quantitative estimate of drug-likeness (QED) is 0.695. The van der Waals surface area contributed by atoms with E-state index < -0.39 is 0 Å². The molecule has 3 atom stereocenters. The predicted octanol–water partition coefficient (Wildman–Crippen LogP) is 1.82. The van der Waals surface area contributed by atoms with Crippen LogP contribution in [0.15, 0.2) is 23.0 Å². The summed E-state index contributed by atoms with van der Waals surface area (Å²) in [6, 6.07) is 6.55. The summed E-state index contributed by atoms with van der Waals surface area (Å²) in [5, 5.41) is 0. The first-order chi connectivity index (χ1) is 8.84. The van der Waals surface area contributed by atoms with Crippen LogP contribution in [0.25, 0.3) is 0 Å². The van der Waals surface area contributed by atoms with Crippen LogP contribution in [0.2, 0.25) is 0 Å². The van der Waals surface area contributed by atoms with E-state index in [1.54, 1.807) is 6.07 Å². The number of hydrogen-bond acceptors (Lipinski definition) is 2. The van der Waals surface area contributed by atoms with E-state index in [1.165, 1.54) is 44.5 Å². The van der Waals surface area contributed by atoms with Gasteiger partial charge in [-0.3, -0.25) is 9.69 Å². The van der Waals surface area contributed by atoms with Crippen molar-refractivity contribution < 1.29 is 0 Å². The van der Waals surface area contributed by atoms with Gasteiger partial charge in [0.05, 0.1) is 0 Å². The van der Waals surface area contributed by atoms with E-state index >= 15 is 0 Å². The first kappa shape index (κ1) is 10.8. The summed E-state index contributed by atoms with van der Waals surface area (Å²) in [6.45, 7) is 3.50. The molecule has 4 rings (SSSR count). The van der Waals surface area contributed by atoms with E-state index in [2.05, 4.69) is 15.5 Å². The number of piperidine rings is 2. The Morgan fingerprint density at radius 2 is 1.94 bits per heavy atom. The highest BCUT2D eigenvalue weighted by molar-refractivity contribution is 5.20. The van der Waals surface area contributed by atoms with Crippen LogP contribution in [0.3, 0.4) is 0 Å². The first-order valence-electron chi connectivity index (χ1n) is 7.28. The van der Waals surface area contributed by atoms with E-state index in [9.17, 15) is 4.79 Å². The van der Waals surface area contributed by atoms with Gasteiger partial charge in [-0.1, -0.05) is 6.07 Å². The number of hydrogen-bond donors (Lipinski definition) is 0. The highest BCUT2D eigenvalue weighted by Crippen LogP contribution is 2.43. The molecule has 0 saturated carbocycles. The highest BCUT2D eigenvalue weighted by atomic mass is 16.1. The molecule has 4 heterocycles. The molecule has 1 aromatic heterocycles. The Hall–Kier alpha value is -1.09. The van der Waals surface area contributed by atoms with Crippen LogP contribution in [0.4, 0.5) is 0 Å². The number of rotatable bonds is 0. The molecule has 1 aromatic rings. The zero-order chi connectivity index (χ0) is 12.1. The fourth-order valence-electron chi connectivity index (χ4n) is 4.52. The third-order valence-electron chi connectivity index (χ3n) is 5.18. The average Bonchev–Trinajstić information content (AvgIpc) is 2.41. The maximum Gasteiger partial charge on any atom is 0.250 e. The molecule has 0 bridgehead atoms. The van der Waals surface area contributed by atoms with Gasteiger partial charge in [-0.15, -0.1) is 0 Å². The third-order valence-corrected chi connectivity index (χ3v) is 5.18. The smallest absolute Gasteiger partial charge is 0.250 e. The fourth-order valence-corrected chi connectivity index (χ4v) is 4.52. The van der Waals surface area contributed by atoms with Gasteiger partial charge in [0.15, 0.2) is 0 Å². The Labute approximate surface area is 107 Å². The summed E-state index contributed by atoms with van der Waals surface area (Å²) in [5.41, 5.74) is 1.50. The van der Waals surface area contributed by atoms with Crippen molar-refractivity contribution in [2.75, 3.05) is 13.1 Å². The minimum Gasteiger partial charge on any atom is -0.312 e. The lowest BCUT2D eigenvalue weighted by atomic mass is 9.73. The summed E-state index contributed by atoms with van der Waals surface area (Å²) in [4.78, 5) is 14.7. The minimum atomic E-state index is 0.202. The number of pyridine rings is 1. The average molecular weight is 244 g/mol. The summed E-state index contributed by atoms with van der Waals surface area (Å²) >= 11 is 0. The van der Waals surface area contributed by atoms with Gasteiger partial charge in [-0.2, -0.15) is 0 Å². The Bertz CT molecular complexity index is 519. The molecule has 2 fully saturated rings. The Kier molecular flexibility index (Phi) is 2.37. The SMILES string of the molecule is O=c1cccc2n1C[C@@H]1CCCN3CCC[C@@H]2[C@H]13. The molecule has 0 radical (unpaired) electrons. The molecule has 0 spiro atoms.